The van der Waals surface area contributed by atoms with Crippen LogP contribution in [0.25, 0.3) is 0 Å². The standard InChI is InChI=1S/C11H15FN2O3.C7H6FNO3.C6H7FN2O/c1-11(2,3)17-10(15)14-7-5-8(12)9(16-4)13-6-7;1-12-6-5(8)2-4(3-9-6)7(10)11;1-10-6-5(7)2-4(8)3-9-6/h5-6H,1-4H3,(H,14,15);2-3H,1H3,(H,10,11);2-3H,8H2,1H3. The van der Waals surface area contributed by atoms with Gasteiger partial charge in [0.1, 0.15) is 5.60 Å². The molecule has 0 atom stereocenters. The van der Waals surface area contributed by atoms with E-state index in [-0.39, 0.29) is 28.9 Å². The van der Waals surface area contributed by atoms with Gasteiger partial charge in [0.15, 0.2) is 17.5 Å². The topological polar surface area (TPSA) is 168 Å². The van der Waals surface area contributed by atoms with Gasteiger partial charge in [0, 0.05) is 18.3 Å². The summed E-state index contributed by atoms with van der Waals surface area (Å²) in [6.07, 6.45) is 2.99. The van der Waals surface area contributed by atoms with Crippen LogP contribution in [0.5, 0.6) is 17.6 Å². The van der Waals surface area contributed by atoms with Gasteiger partial charge in [-0.2, -0.15) is 0 Å². The zero-order chi connectivity index (χ0) is 29.8. The number of aromatic nitrogens is 3. The fourth-order valence-electron chi connectivity index (χ4n) is 2.35. The largest absolute Gasteiger partial charge is 0.479 e. The van der Waals surface area contributed by atoms with Crippen LogP contribution < -0.4 is 25.3 Å². The number of ether oxygens (including phenoxy) is 4. The van der Waals surface area contributed by atoms with Crippen LogP contribution in [-0.4, -0.2) is 59.1 Å². The molecule has 3 aromatic heterocycles. The molecule has 0 spiro atoms. The number of carbonyl (C=O) groups is 2. The summed E-state index contributed by atoms with van der Waals surface area (Å²) < 4.78 is 57.3. The van der Waals surface area contributed by atoms with Crippen LogP contribution >= 0.6 is 0 Å². The quantitative estimate of drug-likeness (QED) is 0.410. The van der Waals surface area contributed by atoms with E-state index < -0.39 is 35.1 Å². The van der Waals surface area contributed by atoms with E-state index in [4.69, 9.17) is 15.6 Å². The summed E-state index contributed by atoms with van der Waals surface area (Å²) in [5.74, 6) is -3.56. The number of anilines is 2. The number of carbonyl (C=O) groups excluding carboxylic acids is 1. The van der Waals surface area contributed by atoms with Gasteiger partial charge in [0.05, 0.1) is 50.7 Å². The van der Waals surface area contributed by atoms with E-state index in [9.17, 15) is 22.8 Å². The van der Waals surface area contributed by atoms with Gasteiger partial charge in [-0.3, -0.25) is 5.32 Å². The summed E-state index contributed by atoms with van der Waals surface area (Å²) in [5, 5.41) is 10.8. The first-order valence-corrected chi connectivity index (χ1v) is 10.8. The molecular weight excluding hydrogens is 527 g/mol. The minimum absolute atomic E-state index is 0.0331. The Hall–Kier alpha value is -4.82. The summed E-state index contributed by atoms with van der Waals surface area (Å²) >= 11 is 0. The maximum atomic E-state index is 13.3. The smallest absolute Gasteiger partial charge is 0.412 e. The van der Waals surface area contributed by atoms with Gasteiger partial charge < -0.3 is 29.8 Å². The number of amides is 1. The van der Waals surface area contributed by atoms with Crippen LogP contribution in [0.15, 0.2) is 36.8 Å². The lowest BCUT2D eigenvalue weighted by Gasteiger charge is -2.19. The zero-order valence-corrected chi connectivity index (χ0v) is 21.9. The molecule has 0 saturated carbocycles. The highest BCUT2D eigenvalue weighted by atomic mass is 19.1. The molecule has 0 aliphatic carbocycles. The molecule has 12 nitrogen and oxygen atoms in total. The minimum atomic E-state index is -1.22. The summed E-state index contributed by atoms with van der Waals surface area (Å²) in [7, 11) is 3.92. The van der Waals surface area contributed by atoms with Crippen molar-refractivity contribution in [1.29, 1.82) is 0 Å². The van der Waals surface area contributed by atoms with Gasteiger partial charge >= 0.3 is 12.1 Å². The number of carboxylic acids is 1. The molecule has 3 heterocycles. The molecule has 15 heteroatoms. The van der Waals surface area contributed by atoms with Crippen LogP contribution in [0, 0.1) is 17.5 Å². The highest BCUT2D eigenvalue weighted by molar-refractivity contribution is 5.87. The van der Waals surface area contributed by atoms with E-state index >= 15 is 0 Å². The number of aromatic carboxylic acids is 1. The lowest BCUT2D eigenvalue weighted by Crippen LogP contribution is -2.27. The Kier molecular flexibility index (Phi) is 12.2. The third-order valence-corrected chi connectivity index (χ3v) is 3.92. The number of carboxylic acid groups (broad SMARTS) is 1. The van der Waals surface area contributed by atoms with Gasteiger partial charge in [0.25, 0.3) is 0 Å². The fraction of sp³-hybridized carbons (Fsp3) is 0.292. The predicted molar refractivity (Wildman–Crippen MR) is 133 cm³/mol. The van der Waals surface area contributed by atoms with Crippen molar-refractivity contribution < 1.29 is 46.8 Å². The number of nitrogens with one attached hydrogen (secondary N) is 1. The second-order valence-electron chi connectivity index (χ2n) is 8.12. The van der Waals surface area contributed by atoms with Gasteiger partial charge in [-0.05, 0) is 26.8 Å². The molecule has 1 amide bonds. The van der Waals surface area contributed by atoms with Crippen molar-refractivity contribution in [2.45, 2.75) is 26.4 Å². The van der Waals surface area contributed by atoms with Crippen molar-refractivity contribution in [2.75, 3.05) is 32.4 Å². The molecule has 0 unspecified atom stereocenters. The van der Waals surface area contributed by atoms with Crippen molar-refractivity contribution >= 4 is 23.4 Å². The summed E-state index contributed by atoms with van der Waals surface area (Å²) in [4.78, 5) is 32.4. The number of hydrogen-bond donors (Lipinski definition) is 3. The minimum Gasteiger partial charge on any atom is -0.479 e. The lowest BCUT2D eigenvalue weighted by atomic mass is 10.2. The molecule has 0 bridgehead atoms. The van der Waals surface area contributed by atoms with E-state index in [1.165, 1.54) is 33.7 Å². The van der Waals surface area contributed by atoms with Gasteiger partial charge in [-0.25, -0.2) is 37.7 Å². The number of rotatable bonds is 5. The second-order valence-corrected chi connectivity index (χ2v) is 8.12. The highest BCUT2D eigenvalue weighted by Crippen LogP contribution is 2.18. The van der Waals surface area contributed by atoms with Gasteiger partial charge in [-0.1, -0.05) is 0 Å². The highest BCUT2D eigenvalue weighted by Gasteiger charge is 2.17. The van der Waals surface area contributed by atoms with Crippen molar-refractivity contribution in [3.63, 3.8) is 0 Å². The average molecular weight is 556 g/mol. The lowest BCUT2D eigenvalue weighted by molar-refractivity contribution is 0.0634. The maximum Gasteiger partial charge on any atom is 0.412 e. The summed E-state index contributed by atoms with van der Waals surface area (Å²) in [5.41, 5.74) is 4.91. The van der Waals surface area contributed by atoms with Crippen LogP contribution in [0.4, 0.5) is 29.3 Å². The third-order valence-electron chi connectivity index (χ3n) is 3.92. The molecule has 0 aliphatic heterocycles. The molecular formula is C24H28F3N5O7. The third kappa shape index (κ3) is 11.4. The van der Waals surface area contributed by atoms with E-state index in [1.807, 2.05) is 0 Å². The first-order valence-electron chi connectivity index (χ1n) is 10.8. The van der Waals surface area contributed by atoms with Crippen LogP contribution in [-0.2, 0) is 4.74 Å². The maximum absolute atomic E-state index is 13.3. The first kappa shape index (κ1) is 32.2. The number of nitrogens with two attached hydrogens (primary N) is 1. The van der Waals surface area contributed by atoms with E-state index in [2.05, 4.69) is 34.5 Å². The Morgan fingerprint density at radius 1 is 0.821 bits per heavy atom. The number of methoxy groups -OCH3 is 3. The molecule has 3 aromatic rings. The van der Waals surface area contributed by atoms with Crippen LogP contribution in [0.1, 0.15) is 31.1 Å². The first-order chi connectivity index (χ1) is 18.2. The van der Waals surface area contributed by atoms with E-state index in [1.54, 1.807) is 20.8 Å². The van der Waals surface area contributed by atoms with Crippen molar-refractivity contribution in [3.8, 4) is 17.6 Å². The Balaban J connectivity index is 0.000000305. The van der Waals surface area contributed by atoms with E-state index in [0.717, 1.165) is 24.4 Å². The number of halogens is 3. The Bertz CT molecular complexity index is 1270. The Labute approximate surface area is 221 Å². The summed E-state index contributed by atoms with van der Waals surface area (Å²) in [6, 6.07) is 3.12. The monoisotopic (exact) mass is 555 g/mol. The number of hydrogen-bond acceptors (Lipinski definition) is 10. The molecule has 3 rings (SSSR count). The number of pyridine rings is 3. The molecule has 0 saturated heterocycles. The van der Waals surface area contributed by atoms with Crippen LogP contribution in [0.2, 0.25) is 0 Å². The number of nitrogens with zero attached hydrogens (tertiary/aromatic N) is 3. The Morgan fingerprint density at radius 3 is 1.69 bits per heavy atom. The van der Waals surface area contributed by atoms with Crippen molar-refractivity contribution in [3.05, 3.63) is 59.8 Å². The average Bonchev–Trinajstić information content (AvgIpc) is 2.84. The summed E-state index contributed by atoms with van der Waals surface area (Å²) in [6.45, 7) is 5.21. The molecule has 212 valence electrons. The fourth-order valence-corrected chi connectivity index (χ4v) is 2.35. The van der Waals surface area contributed by atoms with Crippen LogP contribution in [0.3, 0.4) is 0 Å². The molecule has 4 N–H and O–H groups in total. The van der Waals surface area contributed by atoms with Crippen molar-refractivity contribution in [1.82, 2.24) is 15.0 Å². The van der Waals surface area contributed by atoms with Gasteiger partial charge in [0.2, 0.25) is 17.6 Å². The van der Waals surface area contributed by atoms with Gasteiger partial charge in [-0.15, -0.1) is 0 Å². The van der Waals surface area contributed by atoms with E-state index in [0.29, 0.717) is 5.69 Å². The molecule has 0 radical (unpaired) electrons. The molecule has 0 aliphatic rings. The normalized spacial score (nSPS) is 10.1. The Morgan fingerprint density at radius 2 is 1.28 bits per heavy atom. The molecule has 0 aromatic carbocycles. The van der Waals surface area contributed by atoms with Crippen molar-refractivity contribution in [2.24, 2.45) is 0 Å². The SMILES string of the molecule is COc1ncc(C(=O)O)cc1F.COc1ncc(N)cc1F.COc1ncc(NC(=O)OC(C)(C)C)cc1F. The predicted octanol–water partition coefficient (Wildman–Crippen LogP) is 4.32. The zero-order valence-electron chi connectivity index (χ0n) is 21.9. The second kappa shape index (κ2) is 14.8. The molecule has 39 heavy (non-hydrogen) atoms. The number of nitrogen functional groups attached to an aromatic ring is 1. The molecule has 0 fully saturated rings.